The van der Waals surface area contributed by atoms with Gasteiger partial charge in [0, 0.05) is 6.54 Å². The molecule has 0 radical (unpaired) electrons. The molecule has 3 aromatic carbocycles. The van der Waals surface area contributed by atoms with Gasteiger partial charge in [-0.1, -0.05) is 54.1 Å². The molecule has 0 fully saturated rings. The van der Waals surface area contributed by atoms with Crippen molar-refractivity contribution in [3.63, 3.8) is 0 Å². The fourth-order valence-corrected chi connectivity index (χ4v) is 4.02. The summed E-state index contributed by atoms with van der Waals surface area (Å²) >= 11 is 6.17. The molecule has 0 spiro atoms. The highest BCUT2D eigenvalue weighted by atomic mass is 35.5. The second kappa shape index (κ2) is 7.64. The van der Waals surface area contributed by atoms with Gasteiger partial charge in [0.05, 0.1) is 23.7 Å². The number of ether oxygens (including phenoxy) is 1. The van der Waals surface area contributed by atoms with Crippen LogP contribution in [0.15, 0.2) is 66.7 Å². The Labute approximate surface area is 168 Å². The van der Waals surface area contributed by atoms with Crippen molar-refractivity contribution in [1.29, 1.82) is 0 Å². The number of carbonyl (C=O) groups is 1. The largest absolute Gasteiger partial charge is 0.497 e. The number of methoxy groups -OCH3 is 1. The quantitative estimate of drug-likeness (QED) is 0.604. The minimum absolute atomic E-state index is 0.0814. The van der Waals surface area contributed by atoms with Gasteiger partial charge in [-0.3, -0.25) is 4.79 Å². The first kappa shape index (κ1) is 18.5. The molecule has 142 valence electrons. The maximum absolute atomic E-state index is 14.4. The summed E-state index contributed by atoms with van der Waals surface area (Å²) in [5.41, 5.74) is 3.09. The number of rotatable bonds is 3. The third kappa shape index (κ3) is 3.25. The highest BCUT2D eigenvalue weighted by Crippen LogP contribution is 2.37. The maximum atomic E-state index is 14.4. The number of hydrogen-bond acceptors (Lipinski definition) is 2. The minimum Gasteiger partial charge on any atom is -0.497 e. The van der Waals surface area contributed by atoms with Crippen LogP contribution in [0.25, 0.3) is 0 Å². The summed E-state index contributed by atoms with van der Waals surface area (Å²) < 4.78 is 19.7. The van der Waals surface area contributed by atoms with E-state index < -0.39 is 11.7 Å². The fraction of sp³-hybridized carbons (Fsp3) is 0.174. The molecule has 1 heterocycles. The van der Waals surface area contributed by atoms with E-state index in [0.717, 1.165) is 16.9 Å². The van der Waals surface area contributed by atoms with Crippen LogP contribution >= 0.6 is 11.6 Å². The van der Waals surface area contributed by atoms with Crippen molar-refractivity contribution in [3.8, 4) is 5.75 Å². The lowest BCUT2D eigenvalue weighted by molar-refractivity contribution is 0.0690. The summed E-state index contributed by atoms with van der Waals surface area (Å²) in [5, 5.41) is 0.123. The van der Waals surface area contributed by atoms with E-state index in [-0.39, 0.29) is 16.6 Å². The monoisotopic (exact) mass is 395 g/mol. The summed E-state index contributed by atoms with van der Waals surface area (Å²) in [6, 6.07) is 19.6. The lowest BCUT2D eigenvalue weighted by atomic mass is 9.87. The predicted molar refractivity (Wildman–Crippen MR) is 107 cm³/mol. The summed E-state index contributed by atoms with van der Waals surface area (Å²) in [4.78, 5) is 15.0. The number of fused-ring (bicyclic) bond motifs is 1. The van der Waals surface area contributed by atoms with Crippen molar-refractivity contribution < 1.29 is 13.9 Å². The van der Waals surface area contributed by atoms with Crippen LogP contribution in [0.4, 0.5) is 4.39 Å². The van der Waals surface area contributed by atoms with Crippen LogP contribution in [-0.2, 0) is 6.42 Å². The summed E-state index contributed by atoms with van der Waals surface area (Å²) in [7, 11) is 1.61. The Hall–Kier alpha value is -2.85. The summed E-state index contributed by atoms with van der Waals surface area (Å²) in [6.07, 6.45) is 0.709. The van der Waals surface area contributed by atoms with Gasteiger partial charge in [0.25, 0.3) is 5.91 Å². The van der Waals surface area contributed by atoms with Crippen molar-refractivity contribution in [1.82, 2.24) is 4.90 Å². The first-order chi connectivity index (χ1) is 13.6. The Bertz CT molecular complexity index is 999. The van der Waals surface area contributed by atoms with E-state index in [1.165, 1.54) is 23.8 Å². The zero-order valence-electron chi connectivity index (χ0n) is 15.4. The molecule has 0 N–H and O–H groups in total. The number of halogens is 2. The van der Waals surface area contributed by atoms with Gasteiger partial charge in [-0.2, -0.15) is 0 Å². The minimum atomic E-state index is -0.607. The molecular weight excluding hydrogens is 377 g/mol. The van der Waals surface area contributed by atoms with Crippen LogP contribution in [0.3, 0.4) is 0 Å². The van der Waals surface area contributed by atoms with E-state index in [1.54, 1.807) is 12.0 Å². The summed E-state index contributed by atoms with van der Waals surface area (Å²) in [5.74, 6) is -0.272. The third-order valence-electron chi connectivity index (χ3n) is 5.15. The summed E-state index contributed by atoms with van der Waals surface area (Å²) in [6.45, 7) is 0.483. The van der Waals surface area contributed by atoms with E-state index in [0.29, 0.717) is 13.0 Å². The molecule has 5 heteroatoms. The van der Waals surface area contributed by atoms with Gasteiger partial charge in [-0.25, -0.2) is 4.39 Å². The van der Waals surface area contributed by atoms with Crippen LogP contribution in [0, 0.1) is 5.82 Å². The lowest BCUT2D eigenvalue weighted by Crippen LogP contribution is -2.41. The third-order valence-corrected chi connectivity index (χ3v) is 5.47. The molecule has 0 aromatic heterocycles. The molecule has 0 aliphatic carbocycles. The molecule has 0 saturated heterocycles. The van der Waals surface area contributed by atoms with Crippen molar-refractivity contribution in [2.75, 3.05) is 13.7 Å². The molecular formula is C23H19ClFNO2. The van der Waals surface area contributed by atoms with Gasteiger partial charge in [0.15, 0.2) is 0 Å². The highest BCUT2D eigenvalue weighted by molar-refractivity contribution is 6.33. The van der Waals surface area contributed by atoms with E-state index >= 15 is 0 Å². The molecule has 1 aliphatic rings. The molecule has 0 saturated carbocycles. The Balaban J connectivity index is 1.82. The zero-order chi connectivity index (χ0) is 19.7. The smallest absolute Gasteiger partial charge is 0.259 e. The second-order valence-corrected chi connectivity index (χ2v) is 7.13. The average Bonchev–Trinajstić information content (AvgIpc) is 2.72. The first-order valence-electron chi connectivity index (χ1n) is 9.07. The van der Waals surface area contributed by atoms with E-state index in [9.17, 15) is 9.18 Å². The Morgan fingerprint density at radius 2 is 1.82 bits per heavy atom. The van der Waals surface area contributed by atoms with Gasteiger partial charge in [-0.15, -0.1) is 0 Å². The standard InChI is InChI=1S/C23H19ClFNO2/c1-28-17-11-9-16(10-12-17)22-18-6-3-2-5-15(18)13-14-26(22)23(27)21-19(24)7-4-8-20(21)25/h2-12,22H,13-14H2,1H3. The normalized spacial score (nSPS) is 15.8. The van der Waals surface area contributed by atoms with Crippen LogP contribution in [0.1, 0.15) is 33.1 Å². The van der Waals surface area contributed by atoms with Crippen LogP contribution in [0.5, 0.6) is 5.75 Å². The fourth-order valence-electron chi connectivity index (χ4n) is 3.78. The molecule has 1 amide bonds. The van der Waals surface area contributed by atoms with E-state index in [1.807, 2.05) is 42.5 Å². The van der Waals surface area contributed by atoms with Crippen LogP contribution in [-0.4, -0.2) is 24.5 Å². The SMILES string of the molecule is COc1ccc(C2c3ccccc3CCN2C(=O)c2c(F)cccc2Cl)cc1. The average molecular weight is 396 g/mol. The molecule has 1 aliphatic heterocycles. The van der Waals surface area contributed by atoms with E-state index in [2.05, 4.69) is 6.07 Å². The van der Waals surface area contributed by atoms with Crippen molar-refractivity contribution in [2.24, 2.45) is 0 Å². The zero-order valence-corrected chi connectivity index (χ0v) is 16.1. The van der Waals surface area contributed by atoms with Gasteiger partial charge in [0.1, 0.15) is 11.6 Å². The van der Waals surface area contributed by atoms with E-state index in [4.69, 9.17) is 16.3 Å². The van der Waals surface area contributed by atoms with Gasteiger partial charge >= 0.3 is 0 Å². The number of benzene rings is 3. The first-order valence-corrected chi connectivity index (χ1v) is 9.44. The van der Waals surface area contributed by atoms with Crippen molar-refractivity contribution >= 4 is 17.5 Å². The number of nitrogens with zero attached hydrogens (tertiary/aromatic N) is 1. The number of carbonyl (C=O) groups excluding carboxylic acids is 1. The Morgan fingerprint density at radius 3 is 2.54 bits per heavy atom. The highest BCUT2D eigenvalue weighted by Gasteiger charge is 2.34. The molecule has 4 rings (SSSR count). The van der Waals surface area contributed by atoms with Crippen LogP contribution in [0.2, 0.25) is 5.02 Å². The van der Waals surface area contributed by atoms with Gasteiger partial charge in [0.2, 0.25) is 0 Å². The Morgan fingerprint density at radius 1 is 1.07 bits per heavy atom. The van der Waals surface area contributed by atoms with Crippen LogP contribution < -0.4 is 4.74 Å². The van der Waals surface area contributed by atoms with Gasteiger partial charge < -0.3 is 9.64 Å². The maximum Gasteiger partial charge on any atom is 0.259 e. The molecule has 28 heavy (non-hydrogen) atoms. The van der Waals surface area contributed by atoms with Crippen molar-refractivity contribution in [3.05, 3.63) is 99.8 Å². The topological polar surface area (TPSA) is 29.5 Å². The molecule has 3 nitrogen and oxygen atoms in total. The number of amides is 1. The second-order valence-electron chi connectivity index (χ2n) is 6.72. The molecule has 1 unspecified atom stereocenters. The Kier molecular flexibility index (Phi) is 5.05. The predicted octanol–water partition coefficient (Wildman–Crippen LogP) is 5.28. The number of hydrogen-bond donors (Lipinski definition) is 0. The van der Waals surface area contributed by atoms with Gasteiger partial charge in [-0.05, 0) is 47.4 Å². The lowest BCUT2D eigenvalue weighted by Gasteiger charge is -2.38. The molecule has 1 atom stereocenters. The molecule has 3 aromatic rings. The van der Waals surface area contributed by atoms with Crippen molar-refractivity contribution in [2.45, 2.75) is 12.5 Å². The molecule has 0 bridgehead atoms.